The lowest BCUT2D eigenvalue weighted by atomic mass is 10.4. The highest BCUT2D eigenvalue weighted by molar-refractivity contribution is 5.80. The molecular weight excluding hydrogens is 267 g/mol. The van der Waals surface area contributed by atoms with E-state index in [1.165, 1.54) is 0 Å². The molecule has 106 valence electrons. The summed E-state index contributed by atoms with van der Waals surface area (Å²) in [5.74, 6) is -1.67. The fourth-order valence-corrected chi connectivity index (χ4v) is 1.10. The molecule has 0 unspecified atom stereocenters. The van der Waals surface area contributed by atoms with E-state index >= 15 is 0 Å². The maximum atomic E-state index is 12.1. The Balaban J connectivity index is 4.73. The number of aliphatic carboxylic acids is 1. The van der Waals surface area contributed by atoms with Crippen LogP contribution in [0.4, 0.5) is 26.7 Å². The number of rotatable bonds is 5. The Bertz CT molecular complexity index is 308. The van der Waals surface area contributed by atoms with Gasteiger partial charge in [-0.3, -0.25) is 4.79 Å². The van der Waals surface area contributed by atoms with Crippen molar-refractivity contribution < 1.29 is 36.6 Å². The van der Waals surface area contributed by atoms with Gasteiger partial charge in [-0.1, -0.05) is 0 Å². The van der Waals surface area contributed by atoms with Gasteiger partial charge in [0.1, 0.15) is 13.1 Å². The molecule has 0 aromatic rings. The second kappa shape index (κ2) is 6.36. The van der Waals surface area contributed by atoms with Crippen molar-refractivity contribution in [2.45, 2.75) is 12.6 Å². The zero-order valence-corrected chi connectivity index (χ0v) is 9.25. The van der Waals surface area contributed by atoms with Gasteiger partial charge in [-0.15, -0.1) is 0 Å². The average Bonchev–Trinajstić information content (AvgIpc) is 2.11. The molecule has 0 aromatic carbocycles. The zero-order chi connectivity index (χ0) is 14.5. The summed E-state index contributed by atoms with van der Waals surface area (Å²) in [4.78, 5) is 21.9. The van der Waals surface area contributed by atoms with Gasteiger partial charge < -0.3 is 14.9 Å². The minimum atomic E-state index is -4.81. The van der Waals surface area contributed by atoms with Crippen LogP contribution in [0.15, 0.2) is 0 Å². The van der Waals surface area contributed by atoms with Crippen LogP contribution in [-0.2, 0) is 4.79 Å². The van der Waals surface area contributed by atoms with Crippen molar-refractivity contribution in [2.75, 3.05) is 26.7 Å². The van der Waals surface area contributed by atoms with Gasteiger partial charge in [0.15, 0.2) is 0 Å². The first-order chi connectivity index (χ1) is 8.03. The first-order valence-electron chi connectivity index (χ1n) is 4.59. The smallest absolute Gasteiger partial charge is 0.406 e. The molecule has 18 heavy (non-hydrogen) atoms. The Hall–Kier alpha value is -1.61. The molecule has 5 nitrogen and oxygen atoms in total. The lowest BCUT2D eigenvalue weighted by molar-refractivity contribution is -0.149. The number of halogens is 5. The number of carboxylic acid groups (broad SMARTS) is 1. The molecule has 0 atom stereocenters. The number of carbonyl (C=O) groups excluding carboxylic acids is 1. The quantitative estimate of drug-likeness (QED) is 0.770. The Kier molecular flexibility index (Phi) is 5.79. The van der Waals surface area contributed by atoms with E-state index in [9.17, 15) is 31.5 Å². The van der Waals surface area contributed by atoms with Gasteiger partial charge in [-0.2, -0.15) is 13.2 Å². The molecule has 10 heteroatoms. The zero-order valence-electron chi connectivity index (χ0n) is 9.25. The van der Waals surface area contributed by atoms with Crippen molar-refractivity contribution in [1.29, 1.82) is 0 Å². The Labute approximate surface area is 98.8 Å². The van der Waals surface area contributed by atoms with Gasteiger partial charge in [0.05, 0.1) is 6.54 Å². The maximum absolute atomic E-state index is 12.1. The van der Waals surface area contributed by atoms with E-state index in [4.69, 9.17) is 5.11 Å². The van der Waals surface area contributed by atoms with Crippen molar-refractivity contribution in [3.8, 4) is 0 Å². The Morgan fingerprint density at radius 2 is 1.78 bits per heavy atom. The van der Waals surface area contributed by atoms with E-state index in [0.717, 1.165) is 7.05 Å². The van der Waals surface area contributed by atoms with E-state index in [2.05, 4.69) is 0 Å². The third-order valence-corrected chi connectivity index (χ3v) is 1.71. The number of urea groups is 1. The van der Waals surface area contributed by atoms with Crippen LogP contribution < -0.4 is 0 Å². The lowest BCUT2D eigenvalue weighted by Crippen LogP contribution is -2.48. The number of hydrogen-bond donors (Lipinski definition) is 1. The average molecular weight is 278 g/mol. The monoisotopic (exact) mass is 278 g/mol. The van der Waals surface area contributed by atoms with Gasteiger partial charge >= 0.3 is 18.2 Å². The number of carbonyl (C=O) groups is 2. The molecule has 0 saturated carbocycles. The highest BCUT2D eigenvalue weighted by Gasteiger charge is 2.35. The van der Waals surface area contributed by atoms with Crippen molar-refractivity contribution in [1.82, 2.24) is 9.80 Å². The van der Waals surface area contributed by atoms with Crippen LogP contribution >= 0.6 is 0 Å². The van der Waals surface area contributed by atoms with E-state index in [1.807, 2.05) is 0 Å². The number of alkyl halides is 5. The molecule has 0 aliphatic rings. The third kappa shape index (κ3) is 6.86. The fraction of sp³-hybridized carbons (Fsp3) is 0.750. The molecule has 0 aliphatic heterocycles. The topological polar surface area (TPSA) is 60.9 Å². The summed E-state index contributed by atoms with van der Waals surface area (Å²) in [6.07, 6.45) is -7.73. The number of carboxylic acids is 1. The summed E-state index contributed by atoms with van der Waals surface area (Å²) in [6.45, 7) is -4.11. The summed E-state index contributed by atoms with van der Waals surface area (Å²) < 4.78 is 60.2. The third-order valence-electron chi connectivity index (χ3n) is 1.71. The molecule has 0 saturated heterocycles. The van der Waals surface area contributed by atoms with Crippen molar-refractivity contribution in [3.05, 3.63) is 0 Å². The summed E-state index contributed by atoms with van der Waals surface area (Å²) in [5.41, 5.74) is 0. The number of hydrogen-bond acceptors (Lipinski definition) is 2. The predicted molar refractivity (Wildman–Crippen MR) is 49.3 cm³/mol. The summed E-state index contributed by atoms with van der Waals surface area (Å²) in [7, 11) is 0.861. The van der Waals surface area contributed by atoms with Gasteiger partial charge in [0.25, 0.3) is 6.43 Å². The first-order valence-corrected chi connectivity index (χ1v) is 4.59. The van der Waals surface area contributed by atoms with E-state index in [0.29, 0.717) is 4.90 Å². The van der Waals surface area contributed by atoms with E-state index in [1.54, 1.807) is 0 Å². The standard InChI is InChI=1S/C8H11F5N2O3/c1-14(2-5(9)10)7(18)15(3-6(16)17)4-8(11,12)13/h5H,2-4H2,1H3,(H,16,17). The van der Waals surface area contributed by atoms with Gasteiger partial charge in [-0.05, 0) is 0 Å². The largest absolute Gasteiger partial charge is 0.480 e. The van der Waals surface area contributed by atoms with Crippen LogP contribution in [0.2, 0.25) is 0 Å². The van der Waals surface area contributed by atoms with Crippen LogP contribution in [0.5, 0.6) is 0 Å². The van der Waals surface area contributed by atoms with Crippen LogP contribution in [0.3, 0.4) is 0 Å². The molecule has 2 amide bonds. The maximum Gasteiger partial charge on any atom is 0.406 e. The van der Waals surface area contributed by atoms with E-state index in [-0.39, 0.29) is 4.90 Å². The fourth-order valence-electron chi connectivity index (χ4n) is 1.10. The minimum Gasteiger partial charge on any atom is -0.480 e. The minimum absolute atomic E-state index is 0.0648. The Morgan fingerprint density at radius 3 is 2.11 bits per heavy atom. The molecule has 0 rings (SSSR count). The highest BCUT2D eigenvalue weighted by atomic mass is 19.4. The molecule has 0 aliphatic carbocycles. The summed E-state index contributed by atoms with van der Waals surface area (Å²) >= 11 is 0. The predicted octanol–water partition coefficient (Wildman–Crippen LogP) is 1.25. The second-order valence-electron chi connectivity index (χ2n) is 3.42. The van der Waals surface area contributed by atoms with Crippen LogP contribution in [0.1, 0.15) is 0 Å². The normalized spacial score (nSPS) is 11.5. The first kappa shape index (κ1) is 16.4. The summed E-state index contributed by atoms with van der Waals surface area (Å²) in [5, 5.41) is 8.37. The van der Waals surface area contributed by atoms with Gasteiger partial charge in [0, 0.05) is 7.05 Å². The molecule has 0 fully saturated rings. The molecule has 0 aromatic heterocycles. The molecule has 0 radical (unpaired) electrons. The molecule has 0 bridgehead atoms. The van der Waals surface area contributed by atoms with E-state index < -0.39 is 44.2 Å². The van der Waals surface area contributed by atoms with Crippen LogP contribution in [0.25, 0.3) is 0 Å². The lowest BCUT2D eigenvalue weighted by Gasteiger charge is -2.27. The SMILES string of the molecule is CN(CC(F)F)C(=O)N(CC(=O)O)CC(F)(F)F. The van der Waals surface area contributed by atoms with Crippen molar-refractivity contribution in [2.24, 2.45) is 0 Å². The van der Waals surface area contributed by atoms with Crippen LogP contribution in [-0.4, -0.2) is 66.2 Å². The van der Waals surface area contributed by atoms with Crippen molar-refractivity contribution in [3.63, 3.8) is 0 Å². The molecule has 1 N–H and O–H groups in total. The van der Waals surface area contributed by atoms with Gasteiger partial charge in [-0.25, -0.2) is 13.6 Å². The summed E-state index contributed by atoms with van der Waals surface area (Å²) in [6, 6.07) is -1.42. The molecule has 0 heterocycles. The van der Waals surface area contributed by atoms with Gasteiger partial charge in [0.2, 0.25) is 0 Å². The number of nitrogens with zero attached hydrogens (tertiary/aromatic N) is 2. The molecular formula is C8H11F5N2O3. The second-order valence-corrected chi connectivity index (χ2v) is 3.42. The number of amides is 2. The molecule has 0 spiro atoms. The highest BCUT2D eigenvalue weighted by Crippen LogP contribution is 2.17. The van der Waals surface area contributed by atoms with Crippen LogP contribution in [0, 0.1) is 0 Å². The Morgan fingerprint density at radius 1 is 1.28 bits per heavy atom. The van der Waals surface area contributed by atoms with Crippen molar-refractivity contribution >= 4 is 12.0 Å².